The molecule has 0 spiro atoms. The third kappa shape index (κ3) is 4.26. The standard InChI is InChI=1S/C26H25N3O6S2/c30-26-4-3-15-29(26)19-6-8-20(9-7-19)36(31,32)27-18-5-11-22-23-17-21(10-12-24(23)35-25(22)16-18)37(33,34)28-13-1-2-14-28/h5-12,16-17,27H,1-4,13-15H2. The fourth-order valence-corrected chi connectivity index (χ4v) is 7.59. The minimum absolute atomic E-state index is 0.0358. The molecular weight excluding hydrogens is 514 g/mol. The van der Waals surface area contributed by atoms with Crippen molar-refractivity contribution in [2.24, 2.45) is 0 Å². The maximum Gasteiger partial charge on any atom is 0.261 e. The van der Waals surface area contributed by atoms with Crippen LogP contribution in [0.4, 0.5) is 11.4 Å². The second-order valence-corrected chi connectivity index (χ2v) is 13.0. The highest BCUT2D eigenvalue weighted by Gasteiger charge is 2.28. The number of sulfonamides is 2. The van der Waals surface area contributed by atoms with Gasteiger partial charge in [-0.05, 0) is 73.9 Å². The van der Waals surface area contributed by atoms with Crippen LogP contribution in [0.15, 0.2) is 74.9 Å². The lowest BCUT2D eigenvalue weighted by Crippen LogP contribution is -2.27. The fraction of sp³-hybridized carbons (Fsp3) is 0.269. The number of hydrogen-bond donors (Lipinski definition) is 1. The monoisotopic (exact) mass is 539 g/mol. The number of fused-ring (bicyclic) bond motifs is 3. The van der Waals surface area contributed by atoms with Crippen LogP contribution in [0.25, 0.3) is 21.9 Å². The van der Waals surface area contributed by atoms with Crippen molar-refractivity contribution in [2.75, 3.05) is 29.3 Å². The molecular formula is C26H25N3O6S2. The van der Waals surface area contributed by atoms with Crippen LogP contribution >= 0.6 is 0 Å². The first kappa shape index (κ1) is 24.0. The van der Waals surface area contributed by atoms with Crippen LogP contribution in [0, 0.1) is 0 Å². The minimum atomic E-state index is -3.88. The Morgan fingerprint density at radius 3 is 2.16 bits per heavy atom. The largest absolute Gasteiger partial charge is 0.456 e. The Morgan fingerprint density at radius 1 is 0.730 bits per heavy atom. The number of anilines is 2. The molecule has 4 aromatic rings. The highest BCUT2D eigenvalue weighted by Crippen LogP contribution is 2.34. The molecule has 0 saturated carbocycles. The van der Waals surface area contributed by atoms with Gasteiger partial charge in [-0.15, -0.1) is 0 Å². The van der Waals surface area contributed by atoms with E-state index in [1.165, 1.54) is 16.4 Å². The summed E-state index contributed by atoms with van der Waals surface area (Å²) < 4.78 is 62.0. The third-order valence-electron chi connectivity index (χ3n) is 6.93. The summed E-state index contributed by atoms with van der Waals surface area (Å²) in [5, 5.41) is 1.34. The molecule has 2 saturated heterocycles. The van der Waals surface area contributed by atoms with Crippen molar-refractivity contribution in [3.63, 3.8) is 0 Å². The molecule has 9 nitrogen and oxygen atoms in total. The summed E-state index contributed by atoms with van der Waals surface area (Å²) in [5.41, 5.74) is 1.95. The zero-order chi connectivity index (χ0) is 25.8. The van der Waals surface area contributed by atoms with E-state index in [9.17, 15) is 21.6 Å². The van der Waals surface area contributed by atoms with Gasteiger partial charge in [0, 0.05) is 48.6 Å². The van der Waals surface area contributed by atoms with E-state index in [4.69, 9.17) is 4.42 Å². The first-order valence-electron chi connectivity index (χ1n) is 12.1. The van der Waals surface area contributed by atoms with Crippen molar-refractivity contribution in [1.82, 2.24) is 4.31 Å². The van der Waals surface area contributed by atoms with Gasteiger partial charge in [0.15, 0.2) is 0 Å². The quantitative estimate of drug-likeness (QED) is 0.391. The molecule has 0 radical (unpaired) electrons. The second-order valence-electron chi connectivity index (χ2n) is 9.33. The zero-order valence-electron chi connectivity index (χ0n) is 19.9. The van der Waals surface area contributed by atoms with Gasteiger partial charge in [-0.1, -0.05) is 0 Å². The molecule has 0 atom stereocenters. The van der Waals surface area contributed by atoms with Crippen molar-refractivity contribution in [3.8, 4) is 0 Å². The molecule has 2 aliphatic rings. The van der Waals surface area contributed by atoms with E-state index >= 15 is 0 Å². The number of carbonyl (C=O) groups is 1. The smallest absolute Gasteiger partial charge is 0.261 e. The first-order valence-corrected chi connectivity index (χ1v) is 15.0. The molecule has 192 valence electrons. The molecule has 1 amide bonds. The Kier molecular flexibility index (Phi) is 5.74. The highest BCUT2D eigenvalue weighted by molar-refractivity contribution is 7.92. The Hall–Kier alpha value is -3.41. The summed E-state index contributed by atoms with van der Waals surface area (Å²) in [4.78, 5) is 13.9. The molecule has 37 heavy (non-hydrogen) atoms. The molecule has 11 heteroatoms. The van der Waals surface area contributed by atoms with Gasteiger partial charge in [0.05, 0.1) is 15.5 Å². The molecule has 1 N–H and O–H groups in total. The third-order valence-corrected chi connectivity index (χ3v) is 10.2. The lowest BCUT2D eigenvalue weighted by Gasteiger charge is -2.16. The second kappa shape index (κ2) is 8.86. The topological polar surface area (TPSA) is 117 Å². The Labute approximate surface area is 214 Å². The molecule has 6 rings (SSSR count). The molecule has 0 bridgehead atoms. The molecule has 2 fully saturated rings. The summed E-state index contributed by atoms with van der Waals surface area (Å²) >= 11 is 0. The molecule has 1 aromatic heterocycles. The van der Waals surface area contributed by atoms with Gasteiger partial charge in [0.25, 0.3) is 10.0 Å². The maximum absolute atomic E-state index is 13.0. The lowest BCUT2D eigenvalue weighted by atomic mass is 10.1. The number of carbonyl (C=O) groups excluding carboxylic acids is 1. The minimum Gasteiger partial charge on any atom is -0.456 e. The van der Waals surface area contributed by atoms with E-state index in [-0.39, 0.29) is 15.7 Å². The van der Waals surface area contributed by atoms with Crippen LogP contribution in [0.5, 0.6) is 0 Å². The predicted molar refractivity (Wildman–Crippen MR) is 141 cm³/mol. The van der Waals surface area contributed by atoms with Crippen LogP contribution in [0.2, 0.25) is 0 Å². The predicted octanol–water partition coefficient (Wildman–Crippen LogP) is 4.30. The summed E-state index contributed by atoms with van der Waals surface area (Å²) in [6.07, 6.45) is 3.01. The van der Waals surface area contributed by atoms with Gasteiger partial charge in [0.2, 0.25) is 15.9 Å². The van der Waals surface area contributed by atoms with E-state index in [2.05, 4.69) is 4.72 Å². The Bertz CT molecular complexity index is 1740. The summed E-state index contributed by atoms with van der Waals surface area (Å²) in [7, 11) is -7.45. The van der Waals surface area contributed by atoms with Gasteiger partial charge < -0.3 is 9.32 Å². The maximum atomic E-state index is 13.0. The van der Waals surface area contributed by atoms with Gasteiger partial charge in [-0.2, -0.15) is 4.31 Å². The van der Waals surface area contributed by atoms with E-state index in [1.807, 2.05) is 0 Å². The molecule has 0 aliphatic carbocycles. The number of hydrogen-bond acceptors (Lipinski definition) is 6. The Balaban J connectivity index is 1.27. The number of rotatable bonds is 6. The number of furan rings is 1. The highest BCUT2D eigenvalue weighted by atomic mass is 32.2. The van der Waals surface area contributed by atoms with Crippen LogP contribution in [-0.2, 0) is 24.8 Å². The normalized spacial score (nSPS) is 17.3. The molecule has 3 aromatic carbocycles. The van der Waals surface area contributed by atoms with Crippen LogP contribution in [0.3, 0.4) is 0 Å². The number of amides is 1. The Morgan fingerprint density at radius 2 is 1.46 bits per heavy atom. The van der Waals surface area contributed by atoms with Crippen molar-refractivity contribution in [3.05, 3.63) is 60.7 Å². The van der Waals surface area contributed by atoms with Gasteiger partial charge in [0.1, 0.15) is 11.2 Å². The molecule has 3 heterocycles. The van der Waals surface area contributed by atoms with Crippen LogP contribution in [-0.4, -0.2) is 46.7 Å². The van der Waals surface area contributed by atoms with E-state index < -0.39 is 20.0 Å². The summed E-state index contributed by atoms with van der Waals surface area (Å²) in [6, 6.07) is 15.9. The van der Waals surface area contributed by atoms with Gasteiger partial charge >= 0.3 is 0 Å². The molecule has 0 unspecified atom stereocenters. The number of nitrogens with zero attached hydrogens (tertiary/aromatic N) is 2. The van der Waals surface area contributed by atoms with Gasteiger partial charge in [-0.3, -0.25) is 9.52 Å². The van der Waals surface area contributed by atoms with Crippen molar-refractivity contribution >= 4 is 59.3 Å². The van der Waals surface area contributed by atoms with Crippen molar-refractivity contribution in [1.29, 1.82) is 0 Å². The SMILES string of the molecule is O=C1CCCN1c1ccc(S(=O)(=O)Nc2ccc3c(c2)oc2ccc(S(=O)(=O)N4CCCC4)cc23)cc1. The van der Waals surface area contributed by atoms with Crippen molar-refractivity contribution < 1.29 is 26.0 Å². The van der Waals surface area contributed by atoms with Crippen LogP contribution in [0.1, 0.15) is 25.7 Å². The lowest BCUT2D eigenvalue weighted by molar-refractivity contribution is -0.117. The van der Waals surface area contributed by atoms with Crippen LogP contribution < -0.4 is 9.62 Å². The van der Waals surface area contributed by atoms with Gasteiger partial charge in [-0.25, -0.2) is 16.8 Å². The molecule has 2 aliphatic heterocycles. The fourth-order valence-electron chi connectivity index (χ4n) is 5.00. The number of benzene rings is 3. The number of nitrogens with one attached hydrogen (secondary N) is 1. The first-order chi connectivity index (χ1) is 17.7. The van der Waals surface area contributed by atoms with E-state index in [0.717, 1.165) is 19.3 Å². The zero-order valence-corrected chi connectivity index (χ0v) is 21.5. The summed E-state index contributed by atoms with van der Waals surface area (Å²) in [6.45, 7) is 1.68. The van der Waals surface area contributed by atoms with E-state index in [1.54, 1.807) is 53.4 Å². The van der Waals surface area contributed by atoms with E-state index in [0.29, 0.717) is 59.4 Å². The summed E-state index contributed by atoms with van der Waals surface area (Å²) in [5.74, 6) is 0.0358. The van der Waals surface area contributed by atoms with Crippen molar-refractivity contribution in [2.45, 2.75) is 35.5 Å². The average molecular weight is 540 g/mol. The average Bonchev–Trinajstić information content (AvgIpc) is 3.63.